The average molecular weight is 583 g/mol. The van der Waals surface area contributed by atoms with Crippen LogP contribution in [0.2, 0.25) is 5.02 Å². The standard InChI is InChI=1S/C28H25ClN4O.C2HF3O2/c1-33(2)16-18-5-3-17(4-6-18)7-11-24-21-10-8-19(13-26(21)32-31-24)23-15-28(23)22-14-20(29)9-12-25(22)30-27(28)34;3-2(4,5)1(6)7/h3-14,23H,15-16H2,1-2H3,(H,30,34)(H,31,32);(H,6,7)/b11-7+;/t23-,28-;/m0./s1. The predicted molar refractivity (Wildman–Crippen MR) is 152 cm³/mol. The number of alkyl halides is 3. The number of H-pyrrole nitrogens is 1. The van der Waals surface area contributed by atoms with Crippen molar-refractivity contribution < 1.29 is 27.9 Å². The summed E-state index contributed by atoms with van der Waals surface area (Å²) in [5.41, 5.74) is 6.84. The van der Waals surface area contributed by atoms with Gasteiger partial charge in [-0.3, -0.25) is 9.89 Å². The van der Waals surface area contributed by atoms with Crippen LogP contribution in [0, 0.1) is 0 Å². The lowest BCUT2D eigenvalue weighted by molar-refractivity contribution is -0.192. The first-order valence-corrected chi connectivity index (χ1v) is 13.1. The molecule has 1 aromatic heterocycles. The van der Waals surface area contributed by atoms with Crippen LogP contribution in [-0.2, 0) is 21.5 Å². The molecule has 3 N–H and O–H groups in total. The Balaban J connectivity index is 0.000000431. The number of carbonyl (C=O) groups excluding carboxylic acids is 1. The van der Waals surface area contributed by atoms with Gasteiger partial charge in [0.1, 0.15) is 0 Å². The van der Waals surface area contributed by atoms with E-state index in [0.29, 0.717) is 5.02 Å². The number of nitrogens with one attached hydrogen (secondary N) is 2. The number of carboxylic acids is 1. The summed E-state index contributed by atoms with van der Waals surface area (Å²) in [7, 11) is 4.14. The number of nitrogens with zero attached hydrogens (tertiary/aromatic N) is 2. The number of benzene rings is 3. The largest absolute Gasteiger partial charge is 0.490 e. The minimum absolute atomic E-state index is 0.0692. The zero-order chi connectivity index (χ0) is 29.5. The summed E-state index contributed by atoms with van der Waals surface area (Å²) in [5, 5.41) is 19.6. The van der Waals surface area contributed by atoms with Crippen LogP contribution in [0.1, 0.15) is 40.3 Å². The lowest BCUT2D eigenvalue weighted by Gasteiger charge is -2.09. The van der Waals surface area contributed by atoms with E-state index in [0.717, 1.165) is 51.9 Å². The minimum atomic E-state index is -5.08. The molecule has 0 saturated heterocycles. The molecule has 2 heterocycles. The minimum Gasteiger partial charge on any atom is -0.475 e. The summed E-state index contributed by atoms with van der Waals surface area (Å²) in [4.78, 5) is 23.9. The molecular weight excluding hydrogens is 557 g/mol. The number of hydrogen-bond acceptors (Lipinski definition) is 4. The van der Waals surface area contributed by atoms with Crippen molar-refractivity contribution in [3.8, 4) is 0 Å². The Labute approximate surface area is 238 Å². The third-order valence-electron chi connectivity index (χ3n) is 7.25. The van der Waals surface area contributed by atoms with Crippen molar-refractivity contribution in [1.29, 1.82) is 0 Å². The third kappa shape index (κ3) is 5.71. The number of fused-ring (bicyclic) bond motifs is 3. The van der Waals surface area contributed by atoms with Crippen LogP contribution in [0.3, 0.4) is 0 Å². The van der Waals surface area contributed by atoms with Crippen molar-refractivity contribution >= 4 is 52.2 Å². The van der Waals surface area contributed by atoms with Crippen molar-refractivity contribution in [1.82, 2.24) is 15.1 Å². The normalized spacial score (nSPS) is 19.4. The molecule has 0 radical (unpaired) electrons. The summed E-state index contributed by atoms with van der Waals surface area (Å²) >= 11 is 6.24. The Morgan fingerprint density at radius 3 is 2.49 bits per heavy atom. The first-order chi connectivity index (χ1) is 19.4. The highest BCUT2D eigenvalue weighted by Crippen LogP contribution is 2.65. The topological polar surface area (TPSA) is 98.3 Å². The van der Waals surface area contributed by atoms with Crippen LogP contribution in [0.15, 0.2) is 60.7 Å². The number of rotatable bonds is 5. The molecule has 1 spiro atoms. The second kappa shape index (κ2) is 10.7. The van der Waals surface area contributed by atoms with Crippen molar-refractivity contribution in [3.05, 3.63) is 93.6 Å². The van der Waals surface area contributed by atoms with Gasteiger partial charge in [0.15, 0.2) is 0 Å². The summed E-state index contributed by atoms with van der Waals surface area (Å²) in [6, 6.07) is 20.6. The van der Waals surface area contributed by atoms with E-state index in [2.05, 4.69) is 83.0 Å². The van der Waals surface area contributed by atoms with Gasteiger partial charge in [0.2, 0.25) is 5.91 Å². The van der Waals surface area contributed by atoms with E-state index in [1.54, 1.807) is 0 Å². The van der Waals surface area contributed by atoms with Gasteiger partial charge in [-0.05, 0) is 73.1 Å². The highest BCUT2D eigenvalue weighted by Gasteiger charge is 2.65. The monoisotopic (exact) mass is 582 g/mol. The average Bonchev–Trinajstić information content (AvgIpc) is 3.45. The molecule has 1 saturated carbocycles. The van der Waals surface area contributed by atoms with Gasteiger partial charge in [-0.2, -0.15) is 18.3 Å². The second-order valence-corrected chi connectivity index (χ2v) is 10.8. The Morgan fingerprint density at radius 1 is 1.12 bits per heavy atom. The van der Waals surface area contributed by atoms with Gasteiger partial charge in [-0.15, -0.1) is 0 Å². The molecule has 3 aromatic carbocycles. The highest BCUT2D eigenvalue weighted by molar-refractivity contribution is 6.31. The van der Waals surface area contributed by atoms with Crippen molar-refractivity contribution in [3.63, 3.8) is 0 Å². The maximum atomic E-state index is 12.9. The van der Waals surface area contributed by atoms with Crippen LogP contribution in [0.4, 0.5) is 18.9 Å². The number of carboxylic acid groups (broad SMARTS) is 1. The van der Waals surface area contributed by atoms with E-state index in [9.17, 15) is 18.0 Å². The molecule has 41 heavy (non-hydrogen) atoms. The molecule has 7 nitrogen and oxygen atoms in total. The van der Waals surface area contributed by atoms with Crippen molar-refractivity contribution in [2.75, 3.05) is 19.4 Å². The Hall–Kier alpha value is -4.15. The van der Waals surface area contributed by atoms with Gasteiger partial charge in [0.25, 0.3) is 0 Å². The maximum Gasteiger partial charge on any atom is 0.490 e. The molecule has 11 heteroatoms. The van der Waals surface area contributed by atoms with Gasteiger partial charge in [0, 0.05) is 28.6 Å². The van der Waals surface area contributed by atoms with E-state index in [4.69, 9.17) is 21.5 Å². The number of aliphatic carboxylic acids is 1. The molecule has 2 aliphatic rings. The molecule has 2 atom stereocenters. The fourth-order valence-electron chi connectivity index (χ4n) is 5.24. The van der Waals surface area contributed by atoms with E-state index >= 15 is 0 Å². The summed E-state index contributed by atoms with van der Waals surface area (Å²) in [6.45, 7) is 0.929. The smallest absolute Gasteiger partial charge is 0.475 e. The van der Waals surface area contributed by atoms with Crippen LogP contribution in [0.5, 0.6) is 0 Å². The molecule has 212 valence electrons. The quantitative estimate of drug-likeness (QED) is 0.251. The molecule has 6 rings (SSSR count). The summed E-state index contributed by atoms with van der Waals surface area (Å²) in [6.07, 6.45) is -0.161. The van der Waals surface area contributed by atoms with Gasteiger partial charge in [-0.1, -0.05) is 54.1 Å². The zero-order valence-electron chi connectivity index (χ0n) is 22.1. The number of aromatic amines is 1. The van der Waals surface area contributed by atoms with Crippen molar-refractivity contribution in [2.45, 2.75) is 30.5 Å². The fourth-order valence-corrected chi connectivity index (χ4v) is 5.41. The fraction of sp³-hybridized carbons (Fsp3) is 0.233. The molecule has 1 fully saturated rings. The SMILES string of the molecule is CN(C)Cc1ccc(/C=C/c2n[nH]c3cc([C@@H]4C[C@@]45C(=O)Nc4ccc(Cl)cc45)ccc23)cc1.O=C(O)C(F)(F)F. The molecule has 1 aliphatic heterocycles. The van der Waals surface area contributed by atoms with Gasteiger partial charge < -0.3 is 15.3 Å². The van der Waals surface area contributed by atoms with Crippen LogP contribution in [-0.4, -0.2) is 52.4 Å². The van der Waals surface area contributed by atoms with E-state index in [1.165, 1.54) is 5.56 Å². The molecule has 1 amide bonds. The lowest BCUT2D eigenvalue weighted by Crippen LogP contribution is -2.21. The Bertz CT molecular complexity index is 1660. The third-order valence-corrected chi connectivity index (χ3v) is 7.48. The first kappa shape index (κ1) is 28.4. The molecule has 4 aromatic rings. The maximum absolute atomic E-state index is 12.9. The molecular formula is C30H26ClF3N4O3. The Morgan fingerprint density at radius 2 is 1.83 bits per heavy atom. The number of halogens is 4. The number of hydrogen-bond donors (Lipinski definition) is 3. The van der Waals surface area contributed by atoms with Gasteiger partial charge >= 0.3 is 12.1 Å². The van der Waals surface area contributed by atoms with Gasteiger partial charge in [0.05, 0.1) is 16.6 Å². The number of carbonyl (C=O) groups is 2. The second-order valence-electron chi connectivity index (χ2n) is 10.4. The van der Waals surface area contributed by atoms with Gasteiger partial charge in [-0.25, -0.2) is 4.79 Å². The van der Waals surface area contributed by atoms with Crippen LogP contribution < -0.4 is 5.32 Å². The number of anilines is 1. The molecule has 0 bridgehead atoms. The van der Waals surface area contributed by atoms with E-state index in [1.807, 2.05) is 24.3 Å². The highest BCUT2D eigenvalue weighted by atomic mass is 35.5. The molecule has 1 aliphatic carbocycles. The van der Waals surface area contributed by atoms with Crippen LogP contribution >= 0.6 is 11.6 Å². The van der Waals surface area contributed by atoms with E-state index < -0.39 is 17.6 Å². The summed E-state index contributed by atoms with van der Waals surface area (Å²) < 4.78 is 31.7. The predicted octanol–water partition coefficient (Wildman–Crippen LogP) is 6.46. The number of amides is 1. The Kier molecular flexibility index (Phi) is 7.39. The lowest BCUT2D eigenvalue weighted by atomic mass is 9.92. The zero-order valence-corrected chi connectivity index (χ0v) is 22.8. The van der Waals surface area contributed by atoms with E-state index in [-0.39, 0.29) is 11.8 Å². The number of aromatic nitrogens is 2. The first-order valence-electron chi connectivity index (χ1n) is 12.7. The van der Waals surface area contributed by atoms with Crippen molar-refractivity contribution in [2.24, 2.45) is 0 Å². The molecule has 0 unspecified atom stereocenters. The summed E-state index contributed by atoms with van der Waals surface area (Å²) in [5.74, 6) is -2.55. The van der Waals surface area contributed by atoms with Crippen LogP contribution in [0.25, 0.3) is 23.1 Å².